The molecule has 3 atom stereocenters. The van der Waals surface area contributed by atoms with Crippen LogP contribution in [0.1, 0.15) is 53.5 Å². The van der Waals surface area contributed by atoms with Gasteiger partial charge in [0.15, 0.2) is 0 Å². The summed E-state index contributed by atoms with van der Waals surface area (Å²) in [5.74, 6) is -4.42. The highest BCUT2D eigenvalue weighted by molar-refractivity contribution is 5.89. The number of hydrogen-bond donors (Lipinski definition) is 0. The fourth-order valence-electron chi connectivity index (χ4n) is 1.37. The third-order valence-corrected chi connectivity index (χ3v) is 2.63. The van der Waals surface area contributed by atoms with Crippen LogP contribution in [-0.2, 0) is 4.79 Å². The van der Waals surface area contributed by atoms with E-state index < -0.39 is 48.5 Å². The van der Waals surface area contributed by atoms with Gasteiger partial charge in [-0.15, -0.1) is 0 Å². The lowest BCUT2D eigenvalue weighted by Gasteiger charge is -2.32. The van der Waals surface area contributed by atoms with Crippen molar-refractivity contribution in [1.29, 1.82) is 0 Å². The van der Waals surface area contributed by atoms with Gasteiger partial charge in [-0.25, -0.2) is 0 Å². The lowest BCUT2D eigenvalue weighted by Crippen LogP contribution is -2.32. The molecule has 0 spiro atoms. The van der Waals surface area contributed by atoms with E-state index in [1.165, 1.54) is 0 Å². The fraction of sp³-hybridized carbons (Fsp3) is 0.900. The largest absolute Gasteiger partial charge is 0.299 e. The van der Waals surface area contributed by atoms with Crippen LogP contribution in [0.5, 0.6) is 0 Å². The number of rotatable bonds is 0. The number of fused-ring (bicyclic) bond motifs is 2. The zero-order valence-corrected chi connectivity index (χ0v) is 6.41. The van der Waals surface area contributed by atoms with Gasteiger partial charge >= 0.3 is 0 Å². The van der Waals surface area contributed by atoms with Crippen LogP contribution >= 0.6 is 0 Å². The maximum Gasteiger partial charge on any atom is 0.139 e. The third-order valence-electron chi connectivity index (χ3n) is 2.63. The summed E-state index contributed by atoms with van der Waals surface area (Å²) in [6.45, 7) is -1.22. The molecule has 0 heterocycles. The lowest BCUT2D eigenvalue weighted by atomic mass is 9.70. The predicted molar refractivity (Wildman–Crippen MR) is 44.2 cm³/mol. The summed E-state index contributed by atoms with van der Waals surface area (Å²) < 4.78 is 78.8. The van der Waals surface area contributed by atoms with Crippen molar-refractivity contribution >= 4 is 5.78 Å². The van der Waals surface area contributed by atoms with E-state index in [0.717, 1.165) is 13.8 Å². The van der Waals surface area contributed by atoms with Crippen molar-refractivity contribution in [2.45, 2.75) is 39.8 Å². The topological polar surface area (TPSA) is 17.1 Å². The van der Waals surface area contributed by atoms with Gasteiger partial charge in [-0.2, -0.15) is 0 Å². The Labute approximate surface area is 82.2 Å². The van der Waals surface area contributed by atoms with Gasteiger partial charge in [0, 0.05) is 25.5 Å². The molecule has 0 saturated heterocycles. The van der Waals surface area contributed by atoms with Gasteiger partial charge in [-0.3, -0.25) is 4.79 Å². The molecule has 2 bridgehead atoms. The van der Waals surface area contributed by atoms with E-state index in [2.05, 4.69) is 0 Å². The van der Waals surface area contributed by atoms with Gasteiger partial charge in [0.25, 0.3) is 0 Å². The minimum Gasteiger partial charge on any atom is -0.299 e. The highest BCUT2D eigenvalue weighted by Gasteiger charge is 2.61. The van der Waals surface area contributed by atoms with E-state index in [0.29, 0.717) is 0 Å². The van der Waals surface area contributed by atoms with Gasteiger partial charge < -0.3 is 0 Å². The number of carbonyl (C=O) groups excluding carboxylic acids is 1. The SMILES string of the molecule is [2H]C([2H])([2H])C1(C)C2(C)C(=O)C([2H])([2H])C1([2H])C([2H])([2H])C2([2H])[2H]. The average molecular weight is 162 g/mol. The number of carbonyl (C=O) groups is 1. The summed E-state index contributed by atoms with van der Waals surface area (Å²) in [5, 5.41) is 0. The zero-order valence-electron chi connectivity index (χ0n) is 16.4. The molecule has 0 aliphatic heterocycles. The molecule has 2 fully saturated rings. The van der Waals surface area contributed by atoms with Crippen molar-refractivity contribution in [2.24, 2.45) is 16.7 Å². The van der Waals surface area contributed by atoms with Crippen LogP contribution < -0.4 is 0 Å². The van der Waals surface area contributed by atoms with Crippen LogP contribution in [0.15, 0.2) is 0 Å². The molecule has 2 saturated carbocycles. The third kappa shape index (κ3) is 0.605. The molecular weight excluding hydrogens is 136 g/mol. The Morgan fingerprint density at radius 1 is 1.82 bits per heavy atom. The fourth-order valence-corrected chi connectivity index (χ4v) is 1.37. The highest BCUT2D eigenvalue weighted by Crippen LogP contribution is 2.63. The maximum absolute atomic E-state index is 12.4. The molecule has 0 N–H and O–H groups in total. The summed E-state index contributed by atoms with van der Waals surface area (Å²) in [7, 11) is 0. The average Bonchev–Trinajstić information content (AvgIpc) is 2.43. The quantitative estimate of drug-likeness (QED) is 0.534. The van der Waals surface area contributed by atoms with E-state index in [1.54, 1.807) is 0 Å². The van der Waals surface area contributed by atoms with Crippen molar-refractivity contribution in [2.75, 3.05) is 0 Å². The first-order valence-electron chi connectivity index (χ1n) is 8.45. The van der Waals surface area contributed by atoms with Crippen molar-refractivity contribution in [1.82, 2.24) is 0 Å². The van der Waals surface area contributed by atoms with Crippen LogP contribution in [0.4, 0.5) is 0 Å². The molecule has 2 rings (SSSR count). The lowest BCUT2D eigenvalue weighted by molar-refractivity contribution is -0.128. The van der Waals surface area contributed by atoms with Gasteiger partial charge in [0.1, 0.15) is 5.78 Å². The molecule has 2 aliphatic carbocycles. The van der Waals surface area contributed by atoms with Gasteiger partial charge in [-0.05, 0) is 24.1 Å². The molecule has 0 aromatic rings. The van der Waals surface area contributed by atoms with Crippen molar-refractivity contribution in [3.8, 4) is 0 Å². The molecule has 11 heavy (non-hydrogen) atoms. The molecule has 3 unspecified atom stereocenters. The Balaban J connectivity index is 3.05. The molecule has 0 aromatic carbocycles. The minimum absolute atomic E-state index is 0.929. The Morgan fingerprint density at radius 3 is 3.00 bits per heavy atom. The molecule has 1 heteroatoms. The standard InChI is InChI=1S/C10H16O/c1-9(2)7-4-5-10(9,3)8(11)6-7/h7H,4-6H2,1-3H3/i1D3,4D2,5D2,6D2,7D. The molecular formula is C10H16O. The van der Waals surface area contributed by atoms with E-state index in [-0.39, 0.29) is 0 Å². The second-order valence-electron chi connectivity index (χ2n) is 3.33. The zero-order chi connectivity index (χ0) is 17.1. The Bertz CT molecular complexity index is 534. The van der Waals surface area contributed by atoms with Crippen molar-refractivity contribution in [3.63, 3.8) is 0 Å². The Hall–Kier alpha value is -0.330. The first-order chi connectivity index (χ1) is 8.90. The van der Waals surface area contributed by atoms with Gasteiger partial charge in [0.05, 0.1) is 0 Å². The smallest absolute Gasteiger partial charge is 0.139 e. The second-order valence-corrected chi connectivity index (χ2v) is 3.33. The minimum atomic E-state index is -3.14. The summed E-state index contributed by atoms with van der Waals surface area (Å²) in [5.41, 5.74) is -4.97. The van der Waals surface area contributed by atoms with Crippen LogP contribution in [0.3, 0.4) is 0 Å². The van der Waals surface area contributed by atoms with Crippen molar-refractivity contribution < 1.29 is 18.5 Å². The highest BCUT2D eigenvalue weighted by atomic mass is 16.1. The van der Waals surface area contributed by atoms with Gasteiger partial charge in [0.2, 0.25) is 0 Å². The van der Waals surface area contributed by atoms with Gasteiger partial charge in [-0.1, -0.05) is 20.7 Å². The van der Waals surface area contributed by atoms with Crippen molar-refractivity contribution in [3.05, 3.63) is 0 Å². The van der Waals surface area contributed by atoms with Crippen LogP contribution in [-0.4, -0.2) is 5.78 Å². The molecule has 0 amide bonds. The molecule has 0 aromatic heterocycles. The van der Waals surface area contributed by atoms with Crippen LogP contribution in [0.25, 0.3) is 0 Å². The summed E-state index contributed by atoms with van der Waals surface area (Å²) in [6.07, 6.45) is -9.22. The van der Waals surface area contributed by atoms with E-state index in [9.17, 15) is 4.79 Å². The Kier molecular flexibility index (Phi) is 0.329. The Morgan fingerprint density at radius 2 is 2.55 bits per heavy atom. The summed E-state index contributed by atoms with van der Waals surface area (Å²) in [6, 6.07) is 0. The first-order valence-corrected chi connectivity index (χ1v) is 3.45. The molecule has 1 nitrogen and oxygen atoms in total. The predicted octanol–water partition coefficient (Wildman–Crippen LogP) is 2.40. The van der Waals surface area contributed by atoms with Crippen LogP contribution in [0.2, 0.25) is 0 Å². The summed E-state index contributed by atoms with van der Waals surface area (Å²) >= 11 is 0. The van der Waals surface area contributed by atoms with E-state index in [4.69, 9.17) is 13.7 Å². The number of hydrogen-bond acceptors (Lipinski definition) is 1. The van der Waals surface area contributed by atoms with E-state index >= 15 is 0 Å². The second kappa shape index (κ2) is 1.70. The molecule has 2 aliphatic rings. The molecule has 0 radical (unpaired) electrons. The summed E-state index contributed by atoms with van der Waals surface area (Å²) in [4.78, 5) is 12.4. The number of ketones is 1. The van der Waals surface area contributed by atoms with E-state index in [1.807, 2.05) is 0 Å². The monoisotopic (exact) mass is 162 g/mol. The maximum atomic E-state index is 12.4. The first kappa shape index (κ1) is 2.12. The van der Waals surface area contributed by atoms with Crippen LogP contribution in [0, 0.1) is 16.7 Å². The normalized spacial score (nSPS) is 90.5. The molecule has 62 valence electrons. The number of Topliss-reactive ketones (excluding diaryl/α,β-unsaturated/α-hetero) is 1.